The fraction of sp³-hybridized carbons (Fsp3) is 0.435. The third-order valence-electron chi connectivity index (χ3n) is 6.21. The van der Waals surface area contributed by atoms with Gasteiger partial charge in [0.15, 0.2) is 0 Å². The Labute approximate surface area is 190 Å². The predicted molar refractivity (Wildman–Crippen MR) is 121 cm³/mol. The van der Waals surface area contributed by atoms with E-state index in [4.69, 9.17) is 4.52 Å². The SMILES string of the molecule is O=C(C1CCCN(Cc2nc(-c3cccs3)no2)C1)N1CCN(c2ccccc2F)CC1. The second-order valence-corrected chi connectivity index (χ2v) is 9.27. The zero-order valence-corrected chi connectivity index (χ0v) is 18.6. The molecular weight excluding hydrogens is 429 g/mol. The zero-order valence-electron chi connectivity index (χ0n) is 17.8. The molecule has 0 aliphatic carbocycles. The molecule has 0 saturated carbocycles. The van der Waals surface area contributed by atoms with E-state index in [1.807, 2.05) is 33.4 Å². The molecular formula is C23H26FN5O2S. The monoisotopic (exact) mass is 455 g/mol. The Morgan fingerprint density at radius 2 is 1.97 bits per heavy atom. The van der Waals surface area contributed by atoms with E-state index in [9.17, 15) is 9.18 Å². The topological polar surface area (TPSA) is 65.7 Å². The first-order valence-electron chi connectivity index (χ1n) is 11.0. The van der Waals surface area contributed by atoms with Crippen molar-refractivity contribution in [3.63, 3.8) is 0 Å². The number of amides is 1. The van der Waals surface area contributed by atoms with Crippen molar-refractivity contribution in [2.75, 3.05) is 44.2 Å². The van der Waals surface area contributed by atoms with Crippen LogP contribution in [0, 0.1) is 11.7 Å². The molecule has 1 amide bonds. The largest absolute Gasteiger partial charge is 0.366 e. The predicted octanol–water partition coefficient (Wildman–Crippen LogP) is 3.50. The molecule has 3 aromatic rings. The third-order valence-corrected chi connectivity index (χ3v) is 7.07. The van der Waals surface area contributed by atoms with Crippen molar-refractivity contribution in [2.45, 2.75) is 19.4 Å². The maximum absolute atomic E-state index is 14.1. The first-order valence-corrected chi connectivity index (χ1v) is 11.9. The van der Waals surface area contributed by atoms with Gasteiger partial charge in [0.05, 0.1) is 23.0 Å². The highest BCUT2D eigenvalue weighted by atomic mass is 32.1. The number of hydrogen-bond acceptors (Lipinski definition) is 7. The number of nitrogens with zero attached hydrogens (tertiary/aromatic N) is 5. The Morgan fingerprint density at radius 1 is 1.12 bits per heavy atom. The number of thiophene rings is 1. The average Bonchev–Trinajstić information content (AvgIpc) is 3.52. The summed E-state index contributed by atoms with van der Waals surface area (Å²) in [7, 11) is 0. The van der Waals surface area contributed by atoms with Crippen molar-refractivity contribution < 1.29 is 13.7 Å². The Morgan fingerprint density at radius 3 is 2.75 bits per heavy atom. The fourth-order valence-electron chi connectivity index (χ4n) is 4.55. The lowest BCUT2D eigenvalue weighted by Crippen LogP contribution is -2.52. The summed E-state index contributed by atoms with van der Waals surface area (Å²) < 4.78 is 19.5. The van der Waals surface area contributed by atoms with Crippen LogP contribution in [-0.4, -0.2) is 65.1 Å². The summed E-state index contributed by atoms with van der Waals surface area (Å²) in [6.07, 6.45) is 1.87. The number of likely N-dealkylation sites (tertiary alicyclic amines) is 1. The van der Waals surface area contributed by atoms with Crippen LogP contribution in [0.15, 0.2) is 46.3 Å². The average molecular weight is 456 g/mol. The van der Waals surface area contributed by atoms with Crippen molar-refractivity contribution in [2.24, 2.45) is 5.92 Å². The van der Waals surface area contributed by atoms with Gasteiger partial charge in [-0.3, -0.25) is 9.69 Å². The molecule has 0 bridgehead atoms. The molecule has 1 aromatic carbocycles. The smallest absolute Gasteiger partial charge is 0.241 e. The summed E-state index contributed by atoms with van der Waals surface area (Å²) in [5, 5.41) is 6.07. The molecule has 0 N–H and O–H groups in total. The van der Waals surface area contributed by atoms with E-state index in [1.165, 1.54) is 6.07 Å². The normalized spacial score (nSPS) is 20.0. The minimum Gasteiger partial charge on any atom is -0.366 e. The number of piperidine rings is 1. The van der Waals surface area contributed by atoms with E-state index >= 15 is 0 Å². The number of hydrogen-bond donors (Lipinski definition) is 0. The first-order chi connectivity index (χ1) is 15.7. The van der Waals surface area contributed by atoms with Gasteiger partial charge in [0.1, 0.15) is 5.82 Å². The molecule has 1 atom stereocenters. The second kappa shape index (κ2) is 9.38. The van der Waals surface area contributed by atoms with Gasteiger partial charge in [-0.25, -0.2) is 4.39 Å². The van der Waals surface area contributed by atoms with Crippen LogP contribution in [0.25, 0.3) is 10.7 Å². The van der Waals surface area contributed by atoms with Crippen LogP contribution < -0.4 is 4.90 Å². The van der Waals surface area contributed by atoms with Crippen molar-refractivity contribution >= 4 is 22.9 Å². The molecule has 32 heavy (non-hydrogen) atoms. The van der Waals surface area contributed by atoms with Crippen LogP contribution in [0.5, 0.6) is 0 Å². The lowest BCUT2D eigenvalue weighted by atomic mass is 9.96. The van der Waals surface area contributed by atoms with Crippen LogP contribution in [0.1, 0.15) is 18.7 Å². The molecule has 2 aromatic heterocycles. The van der Waals surface area contributed by atoms with Crippen LogP contribution in [0.2, 0.25) is 0 Å². The minimum atomic E-state index is -0.210. The summed E-state index contributed by atoms with van der Waals surface area (Å²) in [5.74, 6) is 1.17. The molecule has 4 heterocycles. The first kappa shape index (κ1) is 21.1. The van der Waals surface area contributed by atoms with Crippen LogP contribution in [0.4, 0.5) is 10.1 Å². The van der Waals surface area contributed by atoms with Crippen molar-refractivity contribution in [1.29, 1.82) is 0 Å². The second-order valence-electron chi connectivity index (χ2n) is 8.33. The molecule has 2 aliphatic rings. The highest BCUT2D eigenvalue weighted by Gasteiger charge is 2.32. The molecule has 2 saturated heterocycles. The number of anilines is 1. The van der Waals surface area contributed by atoms with Crippen LogP contribution in [0.3, 0.4) is 0 Å². The molecule has 0 spiro atoms. The van der Waals surface area contributed by atoms with Gasteiger partial charge in [-0.15, -0.1) is 11.3 Å². The van der Waals surface area contributed by atoms with E-state index in [0.29, 0.717) is 56.7 Å². The maximum atomic E-state index is 14.1. The van der Waals surface area contributed by atoms with Crippen LogP contribution in [-0.2, 0) is 11.3 Å². The Hall–Kier alpha value is -2.78. The van der Waals surface area contributed by atoms with E-state index < -0.39 is 0 Å². The number of halogens is 1. The van der Waals surface area contributed by atoms with E-state index in [0.717, 1.165) is 24.3 Å². The van der Waals surface area contributed by atoms with E-state index in [-0.39, 0.29) is 17.6 Å². The number of piperazine rings is 1. The summed E-state index contributed by atoms with van der Waals surface area (Å²) in [6, 6.07) is 10.8. The van der Waals surface area contributed by atoms with Gasteiger partial charge in [0, 0.05) is 32.7 Å². The number of carbonyl (C=O) groups is 1. The number of aromatic nitrogens is 2. The highest BCUT2D eigenvalue weighted by molar-refractivity contribution is 7.13. The van der Waals surface area contributed by atoms with Gasteiger partial charge in [-0.05, 0) is 43.0 Å². The fourth-order valence-corrected chi connectivity index (χ4v) is 5.20. The van der Waals surface area contributed by atoms with Crippen molar-refractivity contribution in [3.05, 3.63) is 53.5 Å². The van der Waals surface area contributed by atoms with E-state index in [2.05, 4.69) is 15.0 Å². The molecule has 2 aliphatic heterocycles. The van der Waals surface area contributed by atoms with E-state index in [1.54, 1.807) is 23.5 Å². The number of rotatable bonds is 5. The summed E-state index contributed by atoms with van der Waals surface area (Å²) in [4.78, 5) is 24.9. The lowest BCUT2D eigenvalue weighted by molar-refractivity contribution is -0.137. The van der Waals surface area contributed by atoms with Crippen LogP contribution >= 0.6 is 11.3 Å². The number of benzene rings is 1. The Balaban J connectivity index is 1.15. The molecule has 7 nitrogen and oxygen atoms in total. The maximum Gasteiger partial charge on any atom is 0.241 e. The Bertz CT molecular complexity index is 1050. The Kier molecular flexibility index (Phi) is 6.18. The number of carbonyl (C=O) groups excluding carboxylic acids is 1. The summed E-state index contributed by atoms with van der Waals surface area (Å²) >= 11 is 1.58. The zero-order chi connectivity index (χ0) is 21.9. The van der Waals surface area contributed by atoms with Gasteiger partial charge in [0.2, 0.25) is 17.6 Å². The van der Waals surface area contributed by atoms with Gasteiger partial charge in [-0.2, -0.15) is 4.98 Å². The quantitative estimate of drug-likeness (QED) is 0.587. The highest BCUT2D eigenvalue weighted by Crippen LogP contribution is 2.25. The van der Waals surface area contributed by atoms with Gasteiger partial charge in [-0.1, -0.05) is 23.4 Å². The molecule has 2 fully saturated rings. The standard InChI is InChI=1S/C23H26FN5O2S/c24-18-6-1-2-7-19(18)28-10-12-29(13-11-28)23(30)17-5-3-9-27(15-17)16-21-25-22(26-31-21)20-8-4-14-32-20/h1-2,4,6-8,14,17H,3,5,9-13,15-16H2. The third kappa shape index (κ3) is 4.54. The number of para-hydroxylation sites is 1. The molecule has 0 radical (unpaired) electrons. The molecule has 1 unspecified atom stereocenters. The van der Waals surface area contributed by atoms with Crippen molar-refractivity contribution in [1.82, 2.24) is 19.9 Å². The molecule has 168 valence electrons. The molecule has 5 rings (SSSR count). The summed E-state index contributed by atoms with van der Waals surface area (Å²) in [5.41, 5.74) is 0.616. The van der Waals surface area contributed by atoms with Gasteiger partial charge >= 0.3 is 0 Å². The minimum absolute atomic E-state index is 0.0246. The summed E-state index contributed by atoms with van der Waals surface area (Å²) in [6.45, 7) is 4.72. The van der Waals surface area contributed by atoms with Gasteiger partial charge < -0.3 is 14.3 Å². The van der Waals surface area contributed by atoms with Gasteiger partial charge in [0.25, 0.3) is 0 Å². The molecule has 9 heteroatoms. The lowest BCUT2D eigenvalue weighted by Gasteiger charge is -2.39. The van der Waals surface area contributed by atoms with Crippen molar-refractivity contribution in [3.8, 4) is 10.7 Å².